The molecule has 0 unspecified atom stereocenters. The van der Waals surface area contributed by atoms with E-state index in [-0.39, 0.29) is 19.0 Å². The number of amides is 2. The van der Waals surface area contributed by atoms with Crippen LogP contribution in [0.25, 0.3) is 0 Å². The van der Waals surface area contributed by atoms with Gasteiger partial charge < -0.3 is 10.2 Å². The van der Waals surface area contributed by atoms with E-state index < -0.39 is 22.0 Å². The summed E-state index contributed by atoms with van der Waals surface area (Å²) < 4.78 is 26.2. The number of rotatable bonds is 10. The molecule has 0 aliphatic rings. The Hall–Kier alpha value is -2.87. The van der Waals surface area contributed by atoms with E-state index in [1.165, 1.54) is 4.90 Å². The molecule has 0 saturated carbocycles. The standard InChI is InChI=1S/C23H31N3O4S/c1-5-20(23(28)24-6-2)25(16-19-13-8-7-9-14-19)22(27)17-26(31(4,29)30)21-15-11-10-12-18(21)3/h7-15,20H,5-6,16-17H2,1-4H3,(H,24,28)/t20-/m0/s1. The molecule has 2 aromatic rings. The molecule has 31 heavy (non-hydrogen) atoms. The van der Waals surface area contributed by atoms with Crippen LogP contribution in [0, 0.1) is 6.92 Å². The summed E-state index contributed by atoms with van der Waals surface area (Å²) in [6.45, 7) is 5.72. The fraction of sp³-hybridized carbons (Fsp3) is 0.391. The first-order valence-corrected chi connectivity index (χ1v) is 12.2. The molecule has 1 atom stereocenters. The van der Waals surface area contributed by atoms with E-state index in [0.717, 1.165) is 21.7 Å². The fourth-order valence-electron chi connectivity index (χ4n) is 3.43. The maximum Gasteiger partial charge on any atom is 0.244 e. The number of anilines is 1. The van der Waals surface area contributed by atoms with Gasteiger partial charge in [0.25, 0.3) is 0 Å². The van der Waals surface area contributed by atoms with Crippen molar-refractivity contribution in [2.24, 2.45) is 0 Å². The summed E-state index contributed by atoms with van der Waals surface area (Å²) >= 11 is 0. The molecule has 168 valence electrons. The molecule has 0 heterocycles. The number of nitrogens with one attached hydrogen (secondary N) is 1. The number of para-hydroxylation sites is 1. The molecule has 0 spiro atoms. The maximum atomic E-state index is 13.4. The molecule has 0 saturated heterocycles. The third-order valence-electron chi connectivity index (χ3n) is 5.00. The fourth-order valence-corrected chi connectivity index (χ4v) is 4.34. The number of sulfonamides is 1. The van der Waals surface area contributed by atoms with Crippen molar-refractivity contribution < 1.29 is 18.0 Å². The van der Waals surface area contributed by atoms with Gasteiger partial charge >= 0.3 is 0 Å². The Morgan fingerprint density at radius 2 is 1.61 bits per heavy atom. The van der Waals surface area contributed by atoms with Gasteiger partial charge in [0.05, 0.1) is 11.9 Å². The van der Waals surface area contributed by atoms with E-state index >= 15 is 0 Å². The van der Waals surface area contributed by atoms with Crippen LogP contribution < -0.4 is 9.62 Å². The number of benzene rings is 2. The summed E-state index contributed by atoms with van der Waals surface area (Å²) in [5.41, 5.74) is 2.05. The largest absolute Gasteiger partial charge is 0.355 e. The zero-order valence-corrected chi connectivity index (χ0v) is 19.4. The average Bonchev–Trinajstić information content (AvgIpc) is 2.72. The summed E-state index contributed by atoms with van der Waals surface area (Å²) in [7, 11) is -3.72. The van der Waals surface area contributed by atoms with Crippen LogP contribution in [0.5, 0.6) is 0 Å². The average molecular weight is 446 g/mol. The van der Waals surface area contributed by atoms with Gasteiger partial charge in [0.15, 0.2) is 0 Å². The predicted octanol–water partition coefficient (Wildman–Crippen LogP) is 2.70. The van der Waals surface area contributed by atoms with Crippen LogP contribution in [0.3, 0.4) is 0 Å². The van der Waals surface area contributed by atoms with E-state index in [1.807, 2.05) is 50.2 Å². The highest BCUT2D eigenvalue weighted by atomic mass is 32.2. The normalized spacial score (nSPS) is 12.1. The number of nitrogens with zero attached hydrogens (tertiary/aromatic N) is 2. The Bertz CT molecular complexity index is 993. The summed E-state index contributed by atoms with van der Waals surface area (Å²) in [5.74, 6) is -0.688. The highest BCUT2D eigenvalue weighted by Crippen LogP contribution is 2.23. The Balaban J connectivity index is 2.42. The van der Waals surface area contributed by atoms with Crippen molar-refractivity contribution in [2.45, 2.75) is 39.8 Å². The first kappa shape index (κ1) is 24.4. The monoisotopic (exact) mass is 445 g/mol. The van der Waals surface area contributed by atoms with Crippen molar-refractivity contribution in [2.75, 3.05) is 23.7 Å². The van der Waals surface area contributed by atoms with Crippen LogP contribution in [-0.2, 0) is 26.2 Å². The van der Waals surface area contributed by atoms with Crippen LogP contribution in [0.1, 0.15) is 31.4 Å². The maximum absolute atomic E-state index is 13.4. The zero-order chi connectivity index (χ0) is 23.0. The Kier molecular flexibility index (Phi) is 8.62. The van der Waals surface area contributed by atoms with Gasteiger partial charge in [0.1, 0.15) is 12.6 Å². The molecule has 7 nitrogen and oxygen atoms in total. The minimum absolute atomic E-state index is 0.209. The Labute approximate surface area is 185 Å². The second-order valence-corrected chi connectivity index (χ2v) is 9.29. The molecule has 0 aromatic heterocycles. The van der Waals surface area contributed by atoms with E-state index in [2.05, 4.69) is 5.32 Å². The quantitative estimate of drug-likeness (QED) is 0.609. The lowest BCUT2D eigenvalue weighted by Crippen LogP contribution is -2.52. The Morgan fingerprint density at radius 3 is 2.16 bits per heavy atom. The van der Waals surface area contributed by atoms with Crippen molar-refractivity contribution in [3.63, 3.8) is 0 Å². The van der Waals surface area contributed by atoms with Crippen molar-refractivity contribution in [1.82, 2.24) is 10.2 Å². The molecule has 2 rings (SSSR count). The number of carbonyl (C=O) groups excluding carboxylic acids is 2. The lowest BCUT2D eigenvalue weighted by atomic mass is 10.1. The first-order chi connectivity index (χ1) is 14.7. The molecule has 2 amide bonds. The number of carbonyl (C=O) groups is 2. The lowest BCUT2D eigenvalue weighted by molar-refractivity contribution is -0.140. The van der Waals surface area contributed by atoms with Crippen LogP contribution in [0.2, 0.25) is 0 Å². The molecule has 0 radical (unpaired) electrons. The van der Waals surface area contributed by atoms with Gasteiger partial charge in [0, 0.05) is 13.1 Å². The van der Waals surface area contributed by atoms with Gasteiger partial charge in [-0.1, -0.05) is 55.5 Å². The summed E-state index contributed by atoms with van der Waals surface area (Å²) in [6.07, 6.45) is 1.49. The SMILES string of the molecule is CCNC(=O)[C@H](CC)N(Cc1ccccc1)C(=O)CN(c1ccccc1C)S(C)(=O)=O. The number of hydrogen-bond donors (Lipinski definition) is 1. The van der Waals surface area contributed by atoms with Gasteiger partial charge in [-0.2, -0.15) is 0 Å². The van der Waals surface area contributed by atoms with Crippen molar-refractivity contribution in [3.05, 3.63) is 65.7 Å². The van der Waals surface area contributed by atoms with Gasteiger partial charge in [-0.15, -0.1) is 0 Å². The van der Waals surface area contributed by atoms with Gasteiger partial charge in [-0.3, -0.25) is 13.9 Å². The molecule has 8 heteroatoms. The van der Waals surface area contributed by atoms with E-state index in [0.29, 0.717) is 18.7 Å². The summed E-state index contributed by atoms with van der Waals surface area (Å²) in [4.78, 5) is 27.6. The molecular formula is C23H31N3O4S. The van der Waals surface area contributed by atoms with E-state index in [1.54, 1.807) is 25.1 Å². The van der Waals surface area contributed by atoms with Crippen molar-refractivity contribution in [3.8, 4) is 0 Å². The van der Waals surface area contributed by atoms with Crippen LogP contribution in [-0.4, -0.2) is 50.5 Å². The second kappa shape index (κ2) is 10.9. The van der Waals surface area contributed by atoms with E-state index in [9.17, 15) is 18.0 Å². The molecular weight excluding hydrogens is 414 g/mol. The Morgan fingerprint density at radius 1 is 1.00 bits per heavy atom. The summed E-state index contributed by atoms with van der Waals surface area (Å²) in [5, 5.41) is 2.78. The van der Waals surface area contributed by atoms with Gasteiger partial charge in [0.2, 0.25) is 21.8 Å². The smallest absolute Gasteiger partial charge is 0.244 e. The van der Waals surface area contributed by atoms with E-state index in [4.69, 9.17) is 0 Å². The van der Waals surface area contributed by atoms with Crippen molar-refractivity contribution >= 4 is 27.5 Å². The summed E-state index contributed by atoms with van der Waals surface area (Å²) in [6, 6.07) is 15.7. The minimum atomic E-state index is -3.72. The molecule has 0 aliphatic carbocycles. The second-order valence-electron chi connectivity index (χ2n) is 7.38. The lowest BCUT2D eigenvalue weighted by Gasteiger charge is -2.33. The number of likely N-dealkylation sites (N-methyl/N-ethyl adjacent to an activating group) is 1. The zero-order valence-electron chi connectivity index (χ0n) is 18.5. The number of hydrogen-bond acceptors (Lipinski definition) is 4. The predicted molar refractivity (Wildman–Crippen MR) is 123 cm³/mol. The minimum Gasteiger partial charge on any atom is -0.355 e. The first-order valence-electron chi connectivity index (χ1n) is 10.3. The van der Waals surface area contributed by atoms with Crippen molar-refractivity contribution in [1.29, 1.82) is 0 Å². The highest BCUT2D eigenvalue weighted by Gasteiger charge is 2.31. The highest BCUT2D eigenvalue weighted by molar-refractivity contribution is 7.92. The van der Waals surface area contributed by atoms with Gasteiger partial charge in [-0.25, -0.2) is 8.42 Å². The third-order valence-corrected chi connectivity index (χ3v) is 6.12. The third kappa shape index (κ3) is 6.55. The molecule has 0 fully saturated rings. The number of aryl methyl sites for hydroxylation is 1. The van der Waals surface area contributed by atoms with Crippen LogP contribution in [0.4, 0.5) is 5.69 Å². The van der Waals surface area contributed by atoms with Crippen LogP contribution in [0.15, 0.2) is 54.6 Å². The molecule has 1 N–H and O–H groups in total. The molecule has 0 aliphatic heterocycles. The molecule has 2 aromatic carbocycles. The van der Waals surface area contributed by atoms with Gasteiger partial charge in [-0.05, 0) is 37.5 Å². The topological polar surface area (TPSA) is 86.8 Å². The van der Waals surface area contributed by atoms with Crippen LogP contribution >= 0.6 is 0 Å². The molecule has 0 bridgehead atoms.